The van der Waals surface area contributed by atoms with E-state index in [4.69, 9.17) is 16.3 Å². The minimum Gasteiger partial charge on any atom is -0.463 e. The van der Waals surface area contributed by atoms with Gasteiger partial charge in [0.2, 0.25) is 0 Å². The zero-order valence-corrected chi connectivity index (χ0v) is 15.2. The topological polar surface area (TPSA) is 60.4 Å². The number of esters is 1. The molecule has 7 heteroatoms. The lowest BCUT2D eigenvalue weighted by molar-refractivity contribution is -0.138. The van der Waals surface area contributed by atoms with E-state index in [2.05, 4.69) is 0 Å². The number of carbonyl (C=O) groups excluding carboxylic acids is 1. The summed E-state index contributed by atoms with van der Waals surface area (Å²) in [7, 11) is -3.68. The van der Waals surface area contributed by atoms with Crippen LogP contribution in [0.3, 0.4) is 0 Å². The zero-order valence-electron chi connectivity index (χ0n) is 13.6. The standard InChI is InChI=1S/C17H20ClFO4S/c1-3-23-17(20)14-8-11(2)4-7-16(14)24(21,22)10-12-5-6-13(19)9-15(12)18/h5-6,8-9,11,16H,3-4,7,10H2,1-2H3. The van der Waals surface area contributed by atoms with Crippen LogP contribution in [-0.2, 0) is 25.1 Å². The van der Waals surface area contributed by atoms with Crippen LogP contribution in [0.2, 0.25) is 5.02 Å². The Balaban J connectivity index is 2.32. The van der Waals surface area contributed by atoms with Crippen LogP contribution in [0.5, 0.6) is 0 Å². The molecule has 0 heterocycles. The number of hydrogen-bond acceptors (Lipinski definition) is 4. The van der Waals surface area contributed by atoms with Crippen LogP contribution < -0.4 is 0 Å². The highest BCUT2D eigenvalue weighted by atomic mass is 35.5. The summed E-state index contributed by atoms with van der Waals surface area (Å²) in [5, 5.41) is -0.863. The van der Waals surface area contributed by atoms with Crippen molar-refractivity contribution in [2.24, 2.45) is 5.92 Å². The maximum absolute atomic E-state index is 13.1. The van der Waals surface area contributed by atoms with Crippen molar-refractivity contribution < 1.29 is 22.3 Å². The summed E-state index contributed by atoms with van der Waals surface area (Å²) in [5.74, 6) is -1.35. The van der Waals surface area contributed by atoms with Crippen molar-refractivity contribution in [3.8, 4) is 0 Å². The molecule has 1 aliphatic carbocycles. The molecule has 2 atom stereocenters. The van der Waals surface area contributed by atoms with Crippen LogP contribution in [0.4, 0.5) is 4.39 Å². The fourth-order valence-electron chi connectivity index (χ4n) is 2.81. The SMILES string of the molecule is CCOC(=O)C1=CC(C)CCC1S(=O)(=O)Cc1ccc(F)cc1Cl. The van der Waals surface area contributed by atoms with Crippen molar-refractivity contribution in [2.75, 3.05) is 6.61 Å². The summed E-state index contributed by atoms with van der Waals surface area (Å²) in [6, 6.07) is 3.60. The second-order valence-electron chi connectivity index (χ2n) is 5.93. The maximum atomic E-state index is 13.1. The summed E-state index contributed by atoms with van der Waals surface area (Å²) in [4.78, 5) is 12.1. The van der Waals surface area contributed by atoms with E-state index < -0.39 is 26.9 Å². The van der Waals surface area contributed by atoms with Gasteiger partial charge in [-0.05, 0) is 43.4 Å². The van der Waals surface area contributed by atoms with E-state index in [1.165, 1.54) is 12.1 Å². The fraction of sp³-hybridized carbons (Fsp3) is 0.471. The van der Waals surface area contributed by atoms with E-state index in [0.29, 0.717) is 18.4 Å². The highest BCUT2D eigenvalue weighted by Crippen LogP contribution is 2.32. The monoisotopic (exact) mass is 374 g/mol. The number of hydrogen-bond donors (Lipinski definition) is 0. The summed E-state index contributed by atoms with van der Waals surface area (Å²) in [6.45, 7) is 3.78. The Morgan fingerprint density at radius 1 is 1.38 bits per heavy atom. The summed E-state index contributed by atoms with van der Waals surface area (Å²) >= 11 is 5.94. The Morgan fingerprint density at radius 3 is 2.71 bits per heavy atom. The lowest BCUT2D eigenvalue weighted by Crippen LogP contribution is -2.33. The average Bonchev–Trinajstić information content (AvgIpc) is 2.50. The number of carbonyl (C=O) groups is 1. The third-order valence-electron chi connectivity index (χ3n) is 4.01. The van der Waals surface area contributed by atoms with Crippen molar-refractivity contribution in [1.29, 1.82) is 0 Å². The van der Waals surface area contributed by atoms with Gasteiger partial charge in [0.25, 0.3) is 0 Å². The predicted molar refractivity (Wildman–Crippen MR) is 90.9 cm³/mol. The second kappa shape index (κ2) is 7.66. The highest BCUT2D eigenvalue weighted by molar-refractivity contribution is 7.91. The quantitative estimate of drug-likeness (QED) is 0.737. The van der Waals surface area contributed by atoms with E-state index in [9.17, 15) is 17.6 Å². The molecule has 0 saturated carbocycles. The molecule has 4 nitrogen and oxygen atoms in total. The Bertz CT molecular complexity index is 758. The molecule has 0 amide bonds. The number of halogens is 2. The van der Waals surface area contributed by atoms with Gasteiger partial charge in [0.15, 0.2) is 9.84 Å². The molecule has 1 aromatic carbocycles. The molecule has 2 unspecified atom stereocenters. The minimum atomic E-state index is -3.68. The largest absolute Gasteiger partial charge is 0.463 e. The Labute approximate surface area is 146 Å². The molecule has 0 aliphatic heterocycles. The average molecular weight is 375 g/mol. The summed E-state index contributed by atoms with van der Waals surface area (Å²) in [5.41, 5.74) is 0.508. The molecule has 0 radical (unpaired) electrons. The van der Waals surface area contributed by atoms with Crippen LogP contribution >= 0.6 is 11.6 Å². The number of allylic oxidation sites excluding steroid dienone is 1. The van der Waals surface area contributed by atoms with Crippen LogP contribution in [0.25, 0.3) is 0 Å². The van der Waals surface area contributed by atoms with Gasteiger partial charge < -0.3 is 4.74 Å². The third kappa shape index (κ3) is 4.36. The van der Waals surface area contributed by atoms with Crippen LogP contribution in [0.15, 0.2) is 29.8 Å². The lowest BCUT2D eigenvalue weighted by Gasteiger charge is -2.26. The minimum absolute atomic E-state index is 0.0596. The van der Waals surface area contributed by atoms with Crippen LogP contribution in [-0.4, -0.2) is 26.2 Å². The first kappa shape index (κ1) is 18.9. The number of sulfone groups is 1. The molecule has 0 aromatic heterocycles. The number of ether oxygens (including phenoxy) is 1. The van der Waals surface area contributed by atoms with Gasteiger partial charge in [-0.25, -0.2) is 17.6 Å². The molecule has 0 bridgehead atoms. The Kier molecular flexibility index (Phi) is 6.04. The van der Waals surface area contributed by atoms with Gasteiger partial charge in [-0.2, -0.15) is 0 Å². The normalized spacial score (nSPS) is 21.2. The smallest absolute Gasteiger partial charge is 0.335 e. The molecule has 2 rings (SSSR count). The van der Waals surface area contributed by atoms with Gasteiger partial charge in [0.05, 0.1) is 23.2 Å². The molecule has 0 N–H and O–H groups in total. The summed E-state index contributed by atoms with van der Waals surface area (Å²) in [6.07, 6.45) is 2.70. The van der Waals surface area contributed by atoms with Gasteiger partial charge in [0, 0.05) is 5.02 Å². The van der Waals surface area contributed by atoms with Crippen molar-refractivity contribution >= 4 is 27.4 Å². The Hall–Kier alpha value is -1.40. The molecule has 0 spiro atoms. The van der Waals surface area contributed by atoms with Gasteiger partial charge in [0.1, 0.15) is 5.82 Å². The first-order valence-corrected chi connectivity index (χ1v) is 9.88. The van der Waals surface area contributed by atoms with Crippen molar-refractivity contribution in [3.05, 3.63) is 46.3 Å². The van der Waals surface area contributed by atoms with Gasteiger partial charge in [-0.15, -0.1) is 0 Å². The number of rotatable bonds is 5. The fourth-order valence-corrected chi connectivity index (χ4v) is 5.07. The molecule has 1 aromatic rings. The third-order valence-corrected chi connectivity index (χ3v) is 6.43. The molecule has 0 fully saturated rings. The first-order valence-electron chi connectivity index (χ1n) is 7.79. The molecular formula is C17H20ClFO4S. The van der Waals surface area contributed by atoms with Gasteiger partial charge in [-0.3, -0.25) is 0 Å². The molecule has 0 saturated heterocycles. The molecule has 132 valence electrons. The van der Waals surface area contributed by atoms with E-state index >= 15 is 0 Å². The van der Waals surface area contributed by atoms with Crippen molar-refractivity contribution in [1.82, 2.24) is 0 Å². The van der Waals surface area contributed by atoms with Gasteiger partial charge >= 0.3 is 5.97 Å². The van der Waals surface area contributed by atoms with E-state index in [1.54, 1.807) is 13.0 Å². The van der Waals surface area contributed by atoms with E-state index in [-0.39, 0.29) is 28.9 Å². The Morgan fingerprint density at radius 2 is 2.08 bits per heavy atom. The molecule has 1 aliphatic rings. The lowest BCUT2D eigenvalue weighted by atomic mass is 9.91. The zero-order chi connectivity index (χ0) is 17.9. The summed E-state index contributed by atoms with van der Waals surface area (Å²) < 4.78 is 43.8. The van der Waals surface area contributed by atoms with Gasteiger partial charge in [-0.1, -0.05) is 30.7 Å². The first-order chi connectivity index (χ1) is 11.2. The maximum Gasteiger partial charge on any atom is 0.335 e. The second-order valence-corrected chi connectivity index (χ2v) is 8.52. The molecule has 24 heavy (non-hydrogen) atoms. The highest BCUT2D eigenvalue weighted by Gasteiger charge is 2.36. The van der Waals surface area contributed by atoms with E-state index in [0.717, 1.165) is 6.07 Å². The predicted octanol–water partition coefficient (Wildman–Crippen LogP) is 3.68. The molecular weight excluding hydrogens is 355 g/mol. The van der Waals surface area contributed by atoms with Crippen molar-refractivity contribution in [3.63, 3.8) is 0 Å². The van der Waals surface area contributed by atoms with E-state index in [1.807, 2.05) is 6.92 Å². The van der Waals surface area contributed by atoms with Crippen LogP contribution in [0.1, 0.15) is 32.3 Å². The number of benzene rings is 1. The van der Waals surface area contributed by atoms with Crippen molar-refractivity contribution in [2.45, 2.75) is 37.7 Å². The van der Waals surface area contributed by atoms with Crippen LogP contribution in [0, 0.1) is 11.7 Å².